The molecule has 2 bridgehead atoms. The molecule has 2 heterocycles. The van der Waals surface area contributed by atoms with Crippen LogP contribution in [0.1, 0.15) is 12.0 Å². The van der Waals surface area contributed by atoms with Gasteiger partial charge in [0, 0.05) is 5.92 Å². The first-order valence-corrected chi connectivity index (χ1v) is 5.70. The fourth-order valence-electron chi connectivity index (χ4n) is 2.64. The van der Waals surface area contributed by atoms with Crippen LogP contribution in [0.25, 0.3) is 0 Å². The average molecular weight is 204 g/mol. The molecule has 3 rings (SSSR count). The lowest BCUT2D eigenvalue weighted by Gasteiger charge is -2.27. The Morgan fingerprint density at radius 3 is 2.80 bits per heavy atom. The van der Waals surface area contributed by atoms with Crippen LogP contribution >= 0.6 is 0 Å². The van der Waals surface area contributed by atoms with E-state index in [4.69, 9.17) is 9.47 Å². The Bertz CT molecular complexity index is 307. The molecule has 3 atom stereocenters. The quantitative estimate of drug-likeness (QED) is 0.735. The molecule has 1 aromatic rings. The summed E-state index contributed by atoms with van der Waals surface area (Å²) in [6.07, 6.45) is 2.31. The number of benzene rings is 1. The van der Waals surface area contributed by atoms with Gasteiger partial charge in [-0.2, -0.15) is 0 Å². The van der Waals surface area contributed by atoms with E-state index in [1.807, 2.05) is 0 Å². The molecule has 2 aliphatic rings. The zero-order valence-corrected chi connectivity index (χ0v) is 8.76. The summed E-state index contributed by atoms with van der Waals surface area (Å²) in [5, 5.41) is 0. The Kier molecular flexibility index (Phi) is 2.47. The monoisotopic (exact) mass is 204 g/mol. The Morgan fingerprint density at radius 2 is 2.00 bits per heavy atom. The Morgan fingerprint density at radius 1 is 1.13 bits per heavy atom. The van der Waals surface area contributed by atoms with Crippen molar-refractivity contribution in [2.75, 3.05) is 13.2 Å². The van der Waals surface area contributed by atoms with Crippen LogP contribution in [-0.4, -0.2) is 19.5 Å². The minimum Gasteiger partial charge on any atom is -0.352 e. The fourth-order valence-corrected chi connectivity index (χ4v) is 2.64. The molecule has 0 saturated carbocycles. The van der Waals surface area contributed by atoms with E-state index in [0.29, 0.717) is 11.8 Å². The van der Waals surface area contributed by atoms with Crippen molar-refractivity contribution in [2.24, 2.45) is 11.8 Å². The molecule has 1 aromatic carbocycles. The van der Waals surface area contributed by atoms with Gasteiger partial charge in [0.2, 0.25) is 0 Å². The highest BCUT2D eigenvalue weighted by Gasteiger charge is 2.40. The third-order valence-electron chi connectivity index (χ3n) is 3.51. The molecule has 2 saturated heterocycles. The van der Waals surface area contributed by atoms with Gasteiger partial charge in [-0.3, -0.25) is 0 Å². The third-order valence-corrected chi connectivity index (χ3v) is 3.51. The minimum atomic E-state index is 0.0592. The average Bonchev–Trinajstić information content (AvgIpc) is 2.53. The molecular formula is C13H16O2. The zero-order chi connectivity index (χ0) is 10.1. The van der Waals surface area contributed by atoms with Crippen LogP contribution in [0, 0.1) is 11.8 Å². The second kappa shape index (κ2) is 3.95. The molecule has 0 aromatic heterocycles. The predicted octanol–water partition coefficient (Wildman–Crippen LogP) is 2.24. The van der Waals surface area contributed by atoms with Crippen LogP contribution in [0.15, 0.2) is 30.3 Å². The van der Waals surface area contributed by atoms with Crippen LogP contribution < -0.4 is 0 Å². The highest BCUT2D eigenvalue weighted by atomic mass is 16.7. The standard InChI is InChI=1S/C13H16O2/c1-2-4-10(5-3-1)8-12-11-6-7-14-13(12)15-9-11/h1-5,11-13H,6-9H2. The summed E-state index contributed by atoms with van der Waals surface area (Å²) < 4.78 is 11.3. The van der Waals surface area contributed by atoms with Crippen LogP contribution in [0.2, 0.25) is 0 Å². The predicted molar refractivity (Wildman–Crippen MR) is 57.4 cm³/mol. The SMILES string of the molecule is c1ccc(CC2C3CCOC2OC3)cc1. The summed E-state index contributed by atoms with van der Waals surface area (Å²) in [5.41, 5.74) is 1.40. The highest BCUT2D eigenvalue weighted by Crippen LogP contribution is 2.36. The molecule has 2 fully saturated rings. The van der Waals surface area contributed by atoms with Gasteiger partial charge in [0.15, 0.2) is 6.29 Å². The summed E-state index contributed by atoms with van der Waals surface area (Å²) in [4.78, 5) is 0. The molecule has 0 aliphatic carbocycles. The maximum Gasteiger partial charge on any atom is 0.161 e. The second-order valence-corrected chi connectivity index (χ2v) is 4.47. The number of fused-ring (bicyclic) bond motifs is 2. The van der Waals surface area contributed by atoms with E-state index in [0.717, 1.165) is 26.1 Å². The smallest absolute Gasteiger partial charge is 0.161 e. The first-order valence-electron chi connectivity index (χ1n) is 5.70. The highest BCUT2D eigenvalue weighted by molar-refractivity contribution is 5.16. The first-order chi connectivity index (χ1) is 7.43. The molecule has 3 unspecified atom stereocenters. The van der Waals surface area contributed by atoms with Gasteiger partial charge in [-0.15, -0.1) is 0 Å². The van der Waals surface area contributed by atoms with Crippen molar-refractivity contribution in [3.63, 3.8) is 0 Å². The van der Waals surface area contributed by atoms with E-state index in [9.17, 15) is 0 Å². The first kappa shape index (κ1) is 9.37. The molecule has 0 spiro atoms. The Hall–Kier alpha value is -0.860. The van der Waals surface area contributed by atoms with E-state index in [1.54, 1.807) is 0 Å². The van der Waals surface area contributed by atoms with E-state index < -0.39 is 0 Å². The number of hydrogen-bond acceptors (Lipinski definition) is 2. The van der Waals surface area contributed by atoms with Gasteiger partial charge >= 0.3 is 0 Å². The lowest BCUT2D eigenvalue weighted by molar-refractivity contribution is -0.139. The van der Waals surface area contributed by atoms with Gasteiger partial charge in [-0.1, -0.05) is 30.3 Å². The minimum absolute atomic E-state index is 0.0592. The van der Waals surface area contributed by atoms with Gasteiger partial charge < -0.3 is 9.47 Å². The van der Waals surface area contributed by atoms with Crippen LogP contribution in [0.5, 0.6) is 0 Å². The van der Waals surface area contributed by atoms with E-state index >= 15 is 0 Å². The van der Waals surface area contributed by atoms with E-state index in [2.05, 4.69) is 30.3 Å². The molecule has 15 heavy (non-hydrogen) atoms. The topological polar surface area (TPSA) is 18.5 Å². The van der Waals surface area contributed by atoms with Crippen molar-refractivity contribution in [3.05, 3.63) is 35.9 Å². The zero-order valence-electron chi connectivity index (χ0n) is 8.76. The largest absolute Gasteiger partial charge is 0.352 e. The van der Waals surface area contributed by atoms with Crippen LogP contribution in [0.3, 0.4) is 0 Å². The number of hydrogen-bond donors (Lipinski definition) is 0. The van der Waals surface area contributed by atoms with Crippen LogP contribution in [0.4, 0.5) is 0 Å². The molecule has 2 aliphatic heterocycles. The van der Waals surface area contributed by atoms with Crippen molar-refractivity contribution in [3.8, 4) is 0 Å². The lowest BCUT2D eigenvalue weighted by Crippen LogP contribution is -2.31. The van der Waals surface area contributed by atoms with Gasteiger partial charge in [-0.05, 0) is 24.3 Å². The lowest BCUT2D eigenvalue weighted by atomic mass is 9.85. The van der Waals surface area contributed by atoms with Crippen molar-refractivity contribution < 1.29 is 9.47 Å². The third kappa shape index (κ3) is 1.80. The second-order valence-electron chi connectivity index (χ2n) is 4.47. The van der Waals surface area contributed by atoms with Gasteiger partial charge in [0.05, 0.1) is 13.2 Å². The van der Waals surface area contributed by atoms with E-state index in [-0.39, 0.29) is 6.29 Å². The molecule has 0 radical (unpaired) electrons. The molecule has 0 N–H and O–H groups in total. The summed E-state index contributed by atoms with van der Waals surface area (Å²) in [5.74, 6) is 1.28. The molecule has 0 amide bonds. The summed E-state index contributed by atoms with van der Waals surface area (Å²) in [7, 11) is 0. The van der Waals surface area contributed by atoms with Gasteiger partial charge in [0.1, 0.15) is 0 Å². The van der Waals surface area contributed by atoms with Crippen molar-refractivity contribution in [1.82, 2.24) is 0 Å². The Labute approximate surface area is 90.2 Å². The molecular weight excluding hydrogens is 188 g/mol. The van der Waals surface area contributed by atoms with Gasteiger partial charge in [-0.25, -0.2) is 0 Å². The summed E-state index contributed by atoms with van der Waals surface area (Å²) in [6, 6.07) is 10.6. The summed E-state index contributed by atoms with van der Waals surface area (Å²) in [6.45, 7) is 1.77. The summed E-state index contributed by atoms with van der Waals surface area (Å²) >= 11 is 0. The van der Waals surface area contributed by atoms with Crippen molar-refractivity contribution in [2.45, 2.75) is 19.1 Å². The van der Waals surface area contributed by atoms with Crippen molar-refractivity contribution >= 4 is 0 Å². The van der Waals surface area contributed by atoms with E-state index in [1.165, 1.54) is 5.56 Å². The van der Waals surface area contributed by atoms with Crippen LogP contribution in [-0.2, 0) is 15.9 Å². The fraction of sp³-hybridized carbons (Fsp3) is 0.538. The number of rotatable bonds is 2. The maximum atomic E-state index is 5.64. The molecule has 2 heteroatoms. The van der Waals surface area contributed by atoms with Crippen molar-refractivity contribution in [1.29, 1.82) is 0 Å². The van der Waals surface area contributed by atoms with Gasteiger partial charge in [0.25, 0.3) is 0 Å². The molecule has 80 valence electrons. The molecule has 2 nitrogen and oxygen atoms in total. The Balaban J connectivity index is 1.73. The normalized spacial score (nSPS) is 34.3. The number of ether oxygens (including phenoxy) is 2. The maximum absolute atomic E-state index is 5.64.